The Labute approximate surface area is 224 Å². The van der Waals surface area contributed by atoms with Crippen LogP contribution in [-0.2, 0) is 4.74 Å². The zero-order valence-electron chi connectivity index (χ0n) is 20.9. The van der Waals surface area contributed by atoms with Crippen LogP contribution in [0, 0.1) is 0 Å². The van der Waals surface area contributed by atoms with E-state index < -0.39 is 23.9 Å². The topological polar surface area (TPSA) is 137 Å². The molecular formula is C31H26O8. The van der Waals surface area contributed by atoms with Gasteiger partial charge in [0.15, 0.2) is 5.78 Å². The number of benzene rings is 4. The first-order chi connectivity index (χ1) is 18.7. The van der Waals surface area contributed by atoms with Crippen molar-refractivity contribution in [2.45, 2.75) is 18.1 Å². The van der Waals surface area contributed by atoms with Crippen LogP contribution in [0.1, 0.15) is 50.7 Å². The number of carbonyl (C=O) groups excluding carboxylic acids is 1. The molecule has 4 aromatic rings. The number of hydrogen-bond acceptors (Lipinski definition) is 8. The summed E-state index contributed by atoms with van der Waals surface area (Å²) in [6.45, 7) is 0. The van der Waals surface area contributed by atoms with Gasteiger partial charge in [-0.1, -0.05) is 24.3 Å². The summed E-state index contributed by atoms with van der Waals surface area (Å²) in [5.41, 5.74) is 2.75. The highest BCUT2D eigenvalue weighted by atomic mass is 16.5. The number of phenolic OH excluding ortho intramolecular Hbond substituents is 5. The minimum Gasteiger partial charge on any atom is -0.508 e. The monoisotopic (exact) mass is 526 g/mol. The number of aromatic hydroxyl groups is 5. The quantitative estimate of drug-likeness (QED) is 0.152. The lowest BCUT2D eigenvalue weighted by atomic mass is 9.82. The molecule has 8 heteroatoms. The molecule has 39 heavy (non-hydrogen) atoms. The van der Waals surface area contributed by atoms with E-state index in [-0.39, 0.29) is 34.3 Å². The van der Waals surface area contributed by atoms with Crippen molar-refractivity contribution in [2.24, 2.45) is 0 Å². The molecule has 0 amide bonds. The van der Waals surface area contributed by atoms with Gasteiger partial charge >= 0.3 is 0 Å². The van der Waals surface area contributed by atoms with E-state index in [1.807, 2.05) is 6.07 Å². The molecule has 198 valence electrons. The van der Waals surface area contributed by atoms with Crippen LogP contribution in [0.15, 0.2) is 84.9 Å². The van der Waals surface area contributed by atoms with E-state index in [2.05, 4.69) is 0 Å². The number of carbonyl (C=O) groups is 1. The van der Waals surface area contributed by atoms with Crippen LogP contribution >= 0.6 is 0 Å². The molecule has 0 saturated carbocycles. The van der Waals surface area contributed by atoms with Crippen LogP contribution < -0.4 is 4.74 Å². The highest BCUT2D eigenvalue weighted by Gasteiger charge is 2.42. The average molecular weight is 527 g/mol. The van der Waals surface area contributed by atoms with Crippen molar-refractivity contribution in [3.05, 3.63) is 113 Å². The first-order valence-electron chi connectivity index (χ1n) is 12.1. The van der Waals surface area contributed by atoms with Crippen molar-refractivity contribution in [2.75, 3.05) is 7.11 Å². The molecule has 1 aliphatic heterocycles. The molecular weight excluding hydrogens is 500 g/mol. The van der Waals surface area contributed by atoms with Gasteiger partial charge in [-0.3, -0.25) is 4.79 Å². The maximum Gasteiger partial charge on any atom is 0.189 e. The number of fused-ring (bicyclic) bond motifs is 1. The Balaban J connectivity index is 1.54. The molecule has 0 saturated heterocycles. The highest BCUT2D eigenvalue weighted by molar-refractivity contribution is 6.08. The number of rotatable bonds is 7. The molecule has 0 aliphatic carbocycles. The lowest BCUT2D eigenvalue weighted by Crippen LogP contribution is -2.19. The summed E-state index contributed by atoms with van der Waals surface area (Å²) in [4.78, 5) is 12.7. The fourth-order valence-corrected chi connectivity index (χ4v) is 4.90. The predicted molar refractivity (Wildman–Crippen MR) is 143 cm³/mol. The SMILES string of the molecule is COC(c1ccc(O)cc1O)[C@@H]1c2cc(/C=C/C(=O)c3ccc(O)cc3O)ccc2O[C@@H]1c1ccc(O)cc1. The fourth-order valence-electron chi connectivity index (χ4n) is 4.90. The number of ketones is 1. The molecule has 1 aliphatic rings. The van der Waals surface area contributed by atoms with Gasteiger partial charge < -0.3 is 35.0 Å². The molecule has 5 N–H and O–H groups in total. The van der Waals surface area contributed by atoms with E-state index in [0.29, 0.717) is 16.9 Å². The van der Waals surface area contributed by atoms with Gasteiger partial charge in [-0.2, -0.15) is 0 Å². The summed E-state index contributed by atoms with van der Waals surface area (Å²) in [5, 5.41) is 49.8. The van der Waals surface area contributed by atoms with Gasteiger partial charge in [-0.15, -0.1) is 0 Å². The first kappa shape index (κ1) is 25.7. The van der Waals surface area contributed by atoms with Gasteiger partial charge in [-0.05, 0) is 65.7 Å². The van der Waals surface area contributed by atoms with E-state index >= 15 is 0 Å². The van der Waals surface area contributed by atoms with Crippen LogP contribution in [0.5, 0.6) is 34.5 Å². The van der Waals surface area contributed by atoms with Crippen molar-refractivity contribution < 1.29 is 39.8 Å². The molecule has 8 nitrogen and oxygen atoms in total. The largest absolute Gasteiger partial charge is 0.508 e. The van der Waals surface area contributed by atoms with Crippen molar-refractivity contribution >= 4 is 11.9 Å². The summed E-state index contributed by atoms with van der Waals surface area (Å²) in [5.74, 6) is -0.855. The second-order valence-electron chi connectivity index (χ2n) is 9.25. The zero-order valence-corrected chi connectivity index (χ0v) is 20.9. The third kappa shape index (κ3) is 5.10. The molecule has 0 bridgehead atoms. The standard InChI is InChI=1S/C31H26O8/c1-38-31(23-11-9-21(34)16-27(23)37)29-24-14-17(2-12-25(35)22-10-8-20(33)15-26(22)36)3-13-28(24)39-30(29)18-4-6-19(32)7-5-18/h2-16,29-34,36-37H,1H3/b12-2+/t29-,30-,31?/m1/s1. The number of hydrogen-bond donors (Lipinski definition) is 5. The second-order valence-corrected chi connectivity index (χ2v) is 9.25. The lowest BCUT2D eigenvalue weighted by molar-refractivity contribution is 0.0436. The van der Waals surface area contributed by atoms with E-state index in [1.54, 1.807) is 48.5 Å². The Bertz CT molecular complexity index is 1560. The molecule has 1 unspecified atom stereocenters. The summed E-state index contributed by atoms with van der Waals surface area (Å²) >= 11 is 0. The molecule has 0 fully saturated rings. The fraction of sp³-hybridized carbons (Fsp3) is 0.129. The molecule has 0 spiro atoms. The van der Waals surface area contributed by atoms with E-state index in [1.165, 1.54) is 37.5 Å². The Hall–Kier alpha value is -4.95. The van der Waals surface area contributed by atoms with Gasteiger partial charge in [0.25, 0.3) is 0 Å². The second kappa shape index (κ2) is 10.4. The van der Waals surface area contributed by atoms with Gasteiger partial charge in [-0.25, -0.2) is 0 Å². The first-order valence-corrected chi connectivity index (χ1v) is 12.1. The number of phenols is 5. The molecule has 0 radical (unpaired) electrons. The van der Waals surface area contributed by atoms with Crippen LogP contribution in [0.25, 0.3) is 6.08 Å². The van der Waals surface area contributed by atoms with Crippen molar-refractivity contribution in [1.29, 1.82) is 0 Å². The van der Waals surface area contributed by atoms with Crippen LogP contribution in [0.2, 0.25) is 0 Å². The summed E-state index contributed by atoms with van der Waals surface area (Å²) in [7, 11) is 1.52. The van der Waals surface area contributed by atoms with Gasteiger partial charge in [0, 0.05) is 30.4 Å². The maximum absolute atomic E-state index is 12.7. The smallest absolute Gasteiger partial charge is 0.189 e. The number of methoxy groups -OCH3 is 1. The minimum absolute atomic E-state index is 0.0565. The Morgan fingerprint density at radius 1 is 0.821 bits per heavy atom. The van der Waals surface area contributed by atoms with Crippen molar-refractivity contribution in [1.82, 2.24) is 0 Å². The van der Waals surface area contributed by atoms with E-state index in [0.717, 1.165) is 17.2 Å². The summed E-state index contributed by atoms with van der Waals surface area (Å²) < 4.78 is 12.3. The number of allylic oxidation sites excluding steroid dienone is 1. The van der Waals surface area contributed by atoms with Crippen molar-refractivity contribution in [3.63, 3.8) is 0 Å². The van der Waals surface area contributed by atoms with Gasteiger partial charge in [0.05, 0.1) is 17.6 Å². The maximum atomic E-state index is 12.7. The minimum atomic E-state index is -0.680. The predicted octanol–water partition coefficient (Wildman–Crippen LogP) is 5.72. The number of ether oxygens (including phenoxy) is 2. The highest BCUT2D eigenvalue weighted by Crippen LogP contribution is 2.54. The Morgan fingerprint density at radius 2 is 1.49 bits per heavy atom. The van der Waals surface area contributed by atoms with Crippen molar-refractivity contribution in [3.8, 4) is 34.5 Å². The Morgan fingerprint density at radius 3 is 2.15 bits per heavy atom. The third-order valence-corrected chi connectivity index (χ3v) is 6.77. The average Bonchev–Trinajstić information content (AvgIpc) is 3.28. The molecule has 4 aromatic carbocycles. The molecule has 0 aromatic heterocycles. The molecule has 3 atom stereocenters. The zero-order chi connectivity index (χ0) is 27.7. The normalized spacial score (nSPS) is 17.1. The van der Waals surface area contributed by atoms with Crippen LogP contribution in [0.4, 0.5) is 0 Å². The summed E-state index contributed by atoms with van der Waals surface area (Å²) in [6.07, 6.45) is 1.73. The summed E-state index contributed by atoms with van der Waals surface area (Å²) in [6, 6.07) is 20.2. The van der Waals surface area contributed by atoms with Crippen LogP contribution in [0.3, 0.4) is 0 Å². The van der Waals surface area contributed by atoms with Gasteiger partial charge in [0.2, 0.25) is 0 Å². The molecule has 5 rings (SSSR count). The Kier molecular flexibility index (Phi) is 6.87. The van der Waals surface area contributed by atoms with E-state index in [9.17, 15) is 30.3 Å². The third-order valence-electron chi connectivity index (χ3n) is 6.77. The molecule has 1 heterocycles. The lowest BCUT2D eigenvalue weighted by Gasteiger charge is -2.28. The van der Waals surface area contributed by atoms with Crippen LogP contribution in [-0.4, -0.2) is 38.4 Å². The van der Waals surface area contributed by atoms with E-state index in [4.69, 9.17) is 9.47 Å². The van der Waals surface area contributed by atoms with Gasteiger partial charge in [0.1, 0.15) is 40.6 Å².